The average Bonchev–Trinajstić information content (AvgIpc) is 3.32. The molecule has 9 heteroatoms. The lowest BCUT2D eigenvalue weighted by molar-refractivity contribution is -0.115. The van der Waals surface area contributed by atoms with Crippen molar-refractivity contribution in [3.8, 4) is 5.75 Å². The van der Waals surface area contributed by atoms with Crippen molar-refractivity contribution in [1.82, 2.24) is 14.8 Å². The second-order valence-corrected chi connectivity index (χ2v) is 9.54. The normalized spacial score (nSPS) is 22.6. The Morgan fingerprint density at radius 1 is 1.33 bits per heavy atom. The van der Waals surface area contributed by atoms with Gasteiger partial charge in [0.25, 0.3) is 5.91 Å². The van der Waals surface area contributed by atoms with Gasteiger partial charge < -0.3 is 19.7 Å². The van der Waals surface area contributed by atoms with Crippen LogP contribution in [0, 0.1) is 5.92 Å². The molecule has 33 heavy (non-hydrogen) atoms. The summed E-state index contributed by atoms with van der Waals surface area (Å²) in [5, 5.41) is 5.88. The first-order valence-electron chi connectivity index (χ1n) is 11.3. The van der Waals surface area contributed by atoms with E-state index in [9.17, 15) is 9.59 Å². The van der Waals surface area contributed by atoms with Gasteiger partial charge in [-0.25, -0.2) is 4.98 Å². The van der Waals surface area contributed by atoms with E-state index >= 15 is 0 Å². The van der Waals surface area contributed by atoms with Crippen molar-refractivity contribution in [2.24, 2.45) is 5.92 Å². The molecular formula is C24H34N4O4S. The average molecular weight is 475 g/mol. The van der Waals surface area contributed by atoms with Crippen molar-refractivity contribution in [2.75, 3.05) is 39.2 Å². The summed E-state index contributed by atoms with van der Waals surface area (Å²) in [7, 11) is 3.47. The zero-order chi connectivity index (χ0) is 24.0. The van der Waals surface area contributed by atoms with E-state index in [4.69, 9.17) is 9.47 Å². The Morgan fingerprint density at radius 2 is 2.12 bits per heavy atom. The maximum absolute atomic E-state index is 13.3. The molecule has 1 aromatic carbocycles. The first-order valence-corrected chi connectivity index (χ1v) is 12.2. The van der Waals surface area contributed by atoms with Crippen LogP contribution in [0.15, 0.2) is 29.8 Å². The molecule has 8 nitrogen and oxygen atoms in total. The Hall–Kier alpha value is -2.49. The molecule has 1 aliphatic heterocycles. The first-order chi connectivity index (χ1) is 15.8. The summed E-state index contributed by atoms with van der Waals surface area (Å²) in [5.41, 5.74) is 1.08. The van der Waals surface area contributed by atoms with Crippen LogP contribution in [-0.2, 0) is 16.1 Å². The third-order valence-corrected chi connectivity index (χ3v) is 6.77. The molecule has 180 valence electrons. The minimum absolute atomic E-state index is 0.0721. The Balaban J connectivity index is 1.93. The van der Waals surface area contributed by atoms with Crippen molar-refractivity contribution in [3.63, 3.8) is 0 Å². The van der Waals surface area contributed by atoms with Crippen molar-refractivity contribution < 1.29 is 19.1 Å². The third kappa shape index (κ3) is 6.52. The summed E-state index contributed by atoms with van der Waals surface area (Å²) in [6, 6.07) is 5.26. The van der Waals surface area contributed by atoms with Gasteiger partial charge in [-0.1, -0.05) is 13.8 Å². The Kier molecular flexibility index (Phi) is 8.82. The van der Waals surface area contributed by atoms with E-state index in [1.54, 1.807) is 55.5 Å². The third-order valence-electron chi connectivity index (χ3n) is 6.00. The maximum atomic E-state index is 13.3. The van der Waals surface area contributed by atoms with Crippen LogP contribution >= 0.6 is 11.3 Å². The first kappa shape index (κ1) is 25.1. The summed E-state index contributed by atoms with van der Waals surface area (Å²) < 4.78 is 12.0. The van der Waals surface area contributed by atoms with Crippen LogP contribution in [0.5, 0.6) is 5.75 Å². The molecule has 1 aromatic heterocycles. The highest BCUT2D eigenvalue weighted by Gasteiger charge is 2.28. The van der Waals surface area contributed by atoms with Crippen LogP contribution in [0.4, 0.5) is 5.69 Å². The molecule has 0 radical (unpaired) electrons. The number of methoxy groups -OCH3 is 1. The van der Waals surface area contributed by atoms with Gasteiger partial charge in [0.1, 0.15) is 17.4 Å². The van der Waals surface area contributed by atoms with Crippen molar-refractivity contribution in [1.29, 1.82) is 0 Å². The number of benzene rings is 1. The van der Waals surface area contributed by atoms with Gasteiger partial charge in [0.2, 0.25) is 5.91 Å². The fourth-order valence-electron chi connectivity index (χ4n) is 3.90. The molecule has 3 atom stereocenters. The number of fused-ring (bicyclic) bond motifs is 1. The predicted molar refractivity (Wildman–Crippen MR) is 130 cm³/mol. The fraction of sp³-hybridized carbons (Fsp3) is 0.542. The monoisotopic (exact) mass is 474 g/mol. The summed E-state index contributed by atoms with van der Waals surface area (Å²) in [4.78, 5) is 33.6. The standard InChI is InChI=1S/C24H34N4O4S/c1-6-22(29)26-18-7-8-19-20(11-18)32-15-17(3)28(14-23-25-9-10-33-23)12-16(2)21(31-5)13-27(4)24(19)30/h7-11,16-17,21H,6,12-15H2,1-5H3,(H,26,29)/t16-,17-,21+/m0/s1. The number of carbonyl (C=O) groups is 2. The minimum atomic E-state index is -0.138. The maximum Gasteiger partial charge on any atom is 0.257 e. The summed E-state index contributed by atoms with van der Waals surface area (Å²) >= 11 is 1.64. The number of thiazole rings is 1. The predicted octanol–water partition coefficient (Wildman–Crippen LogP) is 3.50. The van der Waals surface area contributed by atoms with E-state index < -0.39 is 0 Å². The van der Waals surface area contributed by atoms with E-state index in [-0.39, 0.29) is 29.9 Å². The van der Waals surface area contributed by atoms with E-state index in [0.29, 0.717) is 36.6 Å². The second kappa shape index (κ2) is 11.6. The van der Waals surface area contributed by atoms with Gasteiger partial charge in [0.05, 0.1) is 18.2 Å². The summed E-state index contributed by atoms with van der Waals surface area (Å²) in [6.45, 7) is 8.42. The van der Waals surface area contributed by atoms with Gasteiger partial charge in [0, 0.05) is 63.0 Å². The smallest absolute Gasteiger partial charge is 0.257 e. The van der Waals surface area contributed by atoms with Crippen LogP contribution in [0.3, 0.4) is 0 Å². The lowest BCUT2D eigenvalue weighted by Crippen LogP contribution is -2.46. The molecule has 2 aromatic rings. The number of hydrogen-bond donors (Lipinski definition) is 1. The van der Waals surface area contributed by atoms with Gasteiger partial charge in [-0.3, -0.25) is 14.5 Å². The number of nitrogens with one attached hydrogen (secondary N) is 1. The molecule has 2 heterocycles. The zero-order valence-electron chi connectivity index (χ0n) is 20.0. The Morgan fingerprint density at radius 3 is 2.79 bits per heavy atom. The second-order valence-electron chi connectivity index (χ2n) is 8.57. The van der Waals surface area contributed by atoms with Gasteiger partial charge in [-0.05, 0) is 25.0 Å². The molecule has 0 bridgehead atoms. The number of hydrogen-bond acceptors (Lipinski definition) is 7. The van der Waals surface area contributed by atoms with Crippen LogP contribution in [0.25, 0.3) is 0 Å². The van der Waals surface area contributed by atoms with Crippen LogP contribution < -0.4 is 10.1 Å². The van der Waals surface area contributed by atoms with Crippen LogP contribution in [0.2, 0.25) is 0 Å². The van der Waals surface area contributed by atoms with Crippen molar-refractivity contribution in [3.05, 3.63) is 40.3 Å². The number of nitrogens with zero attached hydrogens (tertiary/aromatic N) is 3. The van der Waals surface area contributed by atoms with E-state index in [0.717, 1.165) is 18.1 Å². The summed E-state index contributed by atoms with van der Waals surface area (Å²) in [6.07, 6.45) is 2.08. The number of anilines is 1. The molecule has 1 N–H and O–H groups in total. The van der Waals surface area contributed by atoms with E-state index in [1.807, 2.05) is 11.6 Å². The van der Waals surface area contributed by atoms with Crippen LogP contribution in [0.1, 0.15) is 42.6 Å². The number of aromatic nitrogens is 1. The van der Waals surface area contributed by atoms with Gasteiger partial charge >= 0.3 is 0 Å². The highest BCUT2D eigenvalue weighted by molar-refractivity contribution is 7.09. The molecule has 3 rings (SSSR count). The topological polar surface area (TPSA) is 84.0 Å². The lowest BCUT2D eigenvalue weighted by atomic mass is 10.0. The molecule has 0 saturated heterocycles. The number of carbonyl (C=O) groups excluding carboxylic acids is 2. The number of ether oxygens (including phenoxy) is 2. The van der Waals surface area contributed by atoms with Crippen molar-refractivity contribution >= 4 is 28.8 Å². The number of rotatable bonds is 5. The molecule has 0 saturated carbocycles. The summed E-state index contributed by atoms with van der Waals surface area (Å²) in [5.74, 6) is 0.425. The molecule has 0 unspecified atom stereocenters. The Labute approximate surface area is 199 Å². The van der Waals surface area contributed by atoms with Gasteiger partial charge in [0.15, 0.2) is 0 Å². The number of amides is 2. The highest BCUT2D eigenvalue weighted by atomic mass is 32.1. The van der Waals surface area contributed by atoms with Gasteiger partial charge in [-0.2, -0.15) is 0 Å². The number of likely N-dealkylation sites (N-methyl/N-ethyl adjacent to an activating group) is 1. The van der Waals surface area contributed by atoms with E-state index in [1.165, 1.54) is 0 Å². The molecule has 2 amide bonds. The quantitative estimate of drug-likeness (QED) is 0.714. The zero-order valence-corrected chi connectivity index (χ0v) is 20.9. The SMILES string of the molecule is CCC(=O)Nc1ccc2c(c1)OC[C@H](C)N(Cc1nccs1)C[C@H](C)[C@H](OC)CN(C)C2=O. The van der Waals surface area contributed by atoms with Crippen molar-refractivity contribution in [2.45, 2.75) is 45.9 Å². The fourth-order valence-corrected chi connectivity index (χ4v) is 4.54. The molecule has 0 fully saturated rings. The van der Waals surface area contributed by atoms with Crippen LogP contribution in [-0.4, -0.2) is 72.6 Å². The lowest BCUT2D eigenvalue weighted by Gasteiger charge is -2.35. The largest absolute Gasteiger partial charge is 0.491 e. The molecule has 0 aliphatic carbocycles. The molecule has 0 spiro atoms. The molecular weight excluding hydrogens is 440 g/mol. The molecule has 1 aliphatic rings. The minimum Gasteiger partial charge on any atom is -0.491 e. The van der Waals surface area contributed by atoms with Gasteiger partial charge in [-0.15, -0.1) is 11.3 Å². The highest BCUT2D eigenvalue weighted by Crippen LogP contribution is 2.27. The van der Waals surface area contributed by atoms with E-state index in [2.05, 4.69) is 29.0 Å². The Bertz CT molecular complexity index is 937.